The fraction of sp³-hybridized carbons (Fsp3) is 0.0556. The number of carbonyl (C=O) groups is 1. The van der Waals surface area contributed by atoms with E-state index >= 15 is 0 Å². The third-order valence-electron chi connectivity index (χ3n) is 3.62. The van der Waals surface area contributed by atoms with Crippen molar-refractivity contribution < 1.29 is 9.90 Å². The molecule has 0 aliphatic heterocycles. The van der Waals surface area contributed by atoms with E-state index in [0.29, 0.717) is 27.1 Å². The molecule has 25 heavy (non-hydrogen) atoms. The van der Waals surface area contributed by atoms with Crippen LogP contribution in [0.1, 0.15) is 16.2 Å². The Morgan fingerprint density at radius 2 is 1.84 bits per heavy atom. The Labute approximate surface area is 153 Å². The minimum absolute atomic E-state index is 0.109. The molecule has 1 N–H and O–H groups in total. The third kappa shape index (κ3) is 3.22. The molecule has 0 aliphatic carbocycles. The van der Waals surface area contributed by atoms with Gasteiger partial charge < -0.3 is 5.11 Å². The van der Waals surface area contributed by atoms with Crippen LogP contribution in [0.25, 0.3) is 17.1 Å². The average Bonchev–Trinajstić information content (AvgIpc) is 2.96. The molecule has 0 aliphatic rings. The van der Waals surface area contributed by atoms with Crippen LogP contribution < -0.4 is 0 Å². The summed E-state index contributed by atoms with van der Waals surface area (Å²) in [4.78, 5) is 15.9. The van der Waals surface area contributed by atoms with Crippen molar-refractivity contribution in [3.05, 3.63) is 70.0 Å². The van der Waals surface area contributed by atoms with E-state index < -0.39 is 5.97 Å². The third-order valence-corrected chi connectivity index (χ3v) is 4.20. The van der Waals surface area contributed by atoms with Gasteiger partial charge in [0.2, 0.25) is 0 Å². The Balaban J connectivity index is 2.36. The maximum atomic E-state index is 11.6. The lowest BCUT2D eigenvalue weighted by atomic mass is 10.2. The second kappa shape index (κ2) is 6.98. The molecular formula is C18H11Cl2N3O2. The predicted octanol–water partition coefficient (Wildman–Crippen LogP) is 4.61. The van der Waals surface area contributed by atoms with Crippen LogP contribution in [0.2, 0.25) is 10.0 Å². The summed E-state index contributed by atoms with van der Waals surface area (Å²) in [6.45, 7) is 0. The molecule has 1 aromatic heterocycles. The van der Waals surface area contributed by atoms with Crippen LogP contribution in [0, 0.1) is 11.3 Å². The highest BCUT2D eigenvalue weighted by Crippen LogP contribution is 2.32. The van der Waals surface area contributed by atoms with Crippen LogP contribution in [-0.4, -0.2) is 20.6 Å². The SMILES string of the molecule is N#CCc1c(C(=O)O)nc(-c2ccccc2Cl)n1-c1ccc(Cl)cc1. The van der Waals surface area contributed by atoms with Crippen molar-refractivity contribution in [2.75, 3.05) is 0 Å². The monoisotopic (exact) mass is 371 g/mol. The number of benzene rings is 2. The molecule has 0 fully saturated rings. The van der Waals surface area contributed by atoms with E-state index in [1.165, 1.54) is 0 Å². The number of carboxylic acid groups (broad SMARTS) is 1. The lowest BCUT2D eigenvalue weighted by molar-refractivity contribution is 0.0690. The minimum Gasteiger partial charge on any atom is -0.476 e. The van der Waals surface area contributed by atoms with Crippen molar-refractivity contribution >= 4 is 29.2 Å². The Kier molecular flexibility index (Phi) is 4.75. The van der Waals surface area contributed by atoms with E-state index in [4.69, 9.17) is 28.5 Å². The van der Waals surface area contributed by atoms with Crippen molar-refractivity contribution in [1.82, 2.24) is 9.55 Å². The summed E-state index contributed by atoms with van der Waals surface area (Å²) in [5.74, 6) is -0.846. The first-order valence-corrected chi connectivity index (χ1v) is 8.01. The summed E-state index contributed by atoms with van der Waals surface area (Å²) in [7, 11) is 0. The topological polar surface area (TPSA) is 78.9 Å². The van der Waals surface area contributed by atoms with Crippen molar-refractivity contribution in [1.29, 1.82) is 5.26 Å². The molecule has 0 radical (unpaired) electrons. The van der Waals surface area contributed by atoms with Gasteiger partial charge in [-0.2, -0.15) is 5.26 Å². The highest BCUT2D eigenvalue weighted by molar-refractivity contribution is 6.33. The van der Waals surface area contributed by atoms with Gasteiger partial charge in [-0.1, -0.05) is 35.3 Å². The van der Waals surface area contributed by atoms with E-state index in [9.17, 15) is 9.90 Å². The van der Waals surface area contributed by atoms with Crippen LogP contribution in [-0.2, 0) is 6.42 Å². The Morgan fingerprint density at radius 1 is 1.16 bits per heavy atom. The van der Waals surface area contributed by atoms with Gasteiger partial charge in [-0.3, -0.25) is 4.57 Å². The summed E-state index contributed by atoms with van der Waals surface area (Å²) >= 11 is 12.2. The molecular weight excluding hydrogens is 361 g/mol. The first-order chi connectivity index (χ1) is 12.0. The van der Waals surface area contributed by atoms with Crippen LogP contribution in [0.3, 0.4) is 0 Å². The van der Waals surface area contributed by atoms with Gasteiger partial charge in [-0.15, -0.1) is 0 Å². The highest BCUT2D eigenvalue weighted by atomic mass is 35.5. The number of nitrogens with zero attached hydrogens (tertiary/aromatic N) is 3. The minimum atomic E-state index is -1.20. The lowest BCUT2D eigenvalue weighted by Crippen LogP contribution is -2.06. The molecule has 7 heteroatoms. The molecule has 3 rings (SSSR count). The number of carboxylic acids is 1. The second-order valence-corrected chi connectivity index (χ2v) is 6.01. The van der Waals surface area contributed by atoms with Crippen LogP contribution in [0.4, 0.5) is 0 Å². The number of imidazole rings is 1. The molecule has 1 heterocycles. The van der Waals surface area contributed by atoms with Gasteiger partial charge in [0.25, 0.3) is 0 Å². The summed E-state index contributed by atoms with van der Waals surface area (Å²) in [6, 6.07) is 15.8. The van der Waals surface area contributed by atoms with Crippen molar-refractivity contribution in [3.63, 3.8) is 0 Å². The largest absolute Gasteiger partial charge is 0.476 e. The van der Waals surface area contributed by atoms with Gasteiger partial charge in [0.05, 0.1) is 23.2 Å². The van der Waals surface area contributed by atoms with Gasteiger partial charge in [0.15, 0.2) is 5.69 Å². The molecule has 3 aromatic rings. The van der Waals surface area contributed by atoms with Gasteiger partial charge >= 0.3 is 5.97 Å². The predicted molar refractivity (Wildman–Crippen MR) is 95.3 cm³/mol. The molecule has 5 nitrogen and oxygen atoms in total. The number of hydrogen-bond acceptors (Lipinski definition) is 3. The molecule has 0 spiro atoms. The molecule has 0 saturated carbocycles. The number of aromatic carboxylic acids is 1. The molecule has 124 valence electrons. The van der Waals surface area contributed by atoms with Gasteiger partial charge in [-0.25, -0.2) is 9.78 Å². The quantitative estimate of drug-likeness (QED) is 0.725. The lowest BCUT2D eigenvalue weighted by Gasteiger charge is -2.12. The maximum absolute atomic E-state index is 11.6. The number of hydrogen-bond donors (Lipinski definition) is 1. The number of halogens is 2. The molecule has 0 amide bonds. The van der Waals surface area contributed by atoms with Crippen LogP contribution in [0.5, 0.6) is 0 Å². The Hall–Kier alpha value is -2.81. The van der Waals surface area contributed by atoms with Gasteiger partial charge in [0.1, 0.15) is 5.82 Å². The van der Waals surface area contributed by atoms with E-state index in [1.807, 2.05) is 6.07 Å². The van der Waals surface area contributed by atoms with E-state index in [0.717, 1.165) is 0 Å². The normalized spacial score (nSPS) is 10.4. The average molecular weight is 372 g/mol. The summed E-state index contributed by atoms with van der Waals surface area (Å²) in [5, 5.41) is 19.6. The fourth-order valence-electron chi connectivity index (χ4n) is 2.55. The molecule has 0 saturated heterocycles. The zero-order valence-electron chi connectivity index (χ0n) is 12.8. The maximum Gasteiger partial charge on any atom is 0.356 e. The standard InChI is InChI=1S/C18H11Cl2N3O2/c19-11-5-7-12(8-6-11)23-15(9-10-21)16(18(24)25)22-17(23)13-3-1-2-4-14(13)20/h1-8H,9H2,(H,24,25). The summed E-state index contributed by atoms with van der Waals surface area (Å²) < 4.78 is 1.63. The molecule has 0 unspecified atom stereocenters. The number of nitriles is 1. The summed E-state index contributed by atoms with van der Waals surface area (Å²) in [5.41, 5.74) is 1.33. The molecule has 0 bridgehead atoms. The van der Waals surface area contributed by atoms with E-state index in [2.05, 4.69) is 4.98 Å². The first-order valence-electron chi connectivity index (χ1n) is 7.25. The fourth-order valence-corrected chi connectivity index (χ4v) is 2.90. The smallest absolute Gasteiger partial charge is 0.356 e. The van der Waals surface area contributed by atoms with Crippen molar-refractivity contribution in [2.24, 2.45) is 0 Å². The number of aromatic nitrogens is 2. The highest BCUT2D eigenvalue weighted by Gasteiger charge is 2.24. The Bertz CT molecular complexity index is 989. The van der Waals surface area contributed by atoms with Crippen LogP contribution >= 0.6 is 23.2 Å². The molecule has 2 aromatic carbocycles. The van der Waals surface area contributed by atoms with E-state index in [1.54, 1.807) is 53.1 Å². The zero-order chi connectivity index (χ0) is 18.0. The van der Waals surface area contributed by atoms with Gasteiger partial charge in [0, 0.05) is 16.3 Å². The first kappa shape index (κ1) is 17.0. The second-order valence-electron chi connectivity index (χ2n) is 5.16. The number of rotatable bonds is 4. The zero-order valence-corrected chi connectivity index (χ0v) is 14.3. The van der Waals surface area contributed by atoms with Crippen molar-refractivity contribution in [3.8, 4) is 23.1 Å². The van der Waals surface area contributed by atoms with Crippen LogP contribution in [0.15, 0.2) is 48.5 Å². The molecule has 0 atom stereocenters. The van der Waals surface area contributed by atoms with Gasteiger partial charge in [-0.05, 0) is 36.4 Å². The van der Waals surface area contributed by atoms with Crippen molar-refractivity contribution in [2.45, 2.75) is 6.42 Å². The van der Waals surface area contributed by atoms with E-state index in [-0.39, 0.29) is 17.8 Å². The Morgan fingerprint density at radius 3 is 2.44 bits per heavy atom. The summed E-state index contributed by atoms with van der Waals surface area (Å²) in [6.07, 6.45) is -0.109.